The highest BCUT2D eigenvalue weighted by molar-refractivity contribution is 7.49. The number of aliphatic hydroxyl groups is 1. The first-order valence-corrected chi connectivity index (χ1v) is 13.1. The van der Waals surface area contributed by atoms with E-state index >= 15 is 4.39 Å². The van der Waals surface area contributed by atoms with Gasteiger partial charge >= 0.3 is 13.5 Å². The second-order valence-electron chi connectivity index (χ2n) is 8.57. The minimum absolute atomic E-state index is 0.106. The SMILES string of the molecule is COc1ccc(OP(=O)(OC[C@@]2(C(F)F)O[C@@H](n3cc(F)c(N)nc3=O)[C@H](O)[C@H]2F)Oc2ccc(OC)cc2)cc1. The Morgan fingerprint density at radius 3 is 2.00 bits per heavy atom. The Morgan fingerprint density at radius 2 is 1.54 bits per heavy atom. The standard InChI is InChI=1S/C24H24F4N3O9P/c1-35-13-3-7-15(8-4-13)39-41(34,40-16-9-5-14(36-2)6-10-16)37-12-24(22(27)28)19(26)18(32)21(38-24)31-11-17(25)20(29)30-23(31)33/h3-11,18-19,21-22,32H,12H2,1-2H3,(H2,29,30,33)/t18-,19-,21-,24-/m1/s1. The molecular weight excluding hydrogens is 581 g/mol. The van der Waals surface area contributed by atoms with Gasteiger partial charge < -0.3 is 34.1 Å². The lowest BCUT2D eigenvalue weighted by Gasteiger charge is -2.30. The monoisotopic (exact) mass is 605 g/mol. The number of ether oxygens (including phenoxy) is 3. The maximum Gasteiger partial charge on any atom is 0.587 e. The fourth-order valence-electron chi connectivity index (χ4n) is 3.79. The molecule has 0 spiro atoms. The van der Waals surface area contributed by atoms with Gasteiger partial charge in [-0.2, -0.15) is 4.98 Å². The molecule has 1 saturated heterocycles. The van der Waals surface area contributed by atoms with E-state index in [1.165, 1.54) is 62.8 Å². The van der Waals surface area contributed by atoms with Crippen molar-refractivity contribution in [3.8, 4) is 23.0 Å². The zero-order valence-electron chi connectivity index (χ0n) is 21.4. The zero-order chi connectivity index (χ0) is 29.9. The lowest BCUT2D eigenvalue weighted by atomic mass is 9.98. The summed E-state index contributed by atoms with van der Waals surface area (Å²) in [6.45, 7) is -1.51. The summed E-state index contributed by atoms with van der Waals surface area (Å²) in [6.07, 6.45) is -10.9. The molecule has 2 heterocycles. The number of benzene rings is 2. The molecule has 222 valence electrons. The first-order valence-electron chi connectivity index (χ1n) is 11.7. The fraction of sp³-hybridized carbons (Fsp3) is 0.333. The Balaban J connectivity index is 1.65. The number of hydrogen-bond donors (Lipinski definition) is 2. The molecule has 41 heavy (non-hydrogen) atoms. The highest BCUT2D eigenvalue weighted by atomic mass is 31.2. The molecule has 0 radical (unpaired) electrons. The summed E-state index contributed by atoms with van der Waals surface area (Å²) < 4.78 is 103. The number of aromatic nitrogens is 2. The molecule has 3 N–H and O–H groups in total. The molecule has 0 amide bonds. The third-order valence-corrected chi connectivity index (χ3v) is 7.29. The van der Waals surface area contributed by atoms with Crippen LogP contribution in [0.1, 0.15) is 6.23 Å². The number of methoxy groups -OCH3 is 2. The van der Waals surface area contributed by atoms with Crippen LogP contribution in [0, 0.1) is 5.82 Å². The number of nitrogens with zero attached hydrogens (tertiary/aromatic N) is 2. The van der Waals surface area contributed by atoms with Crippen LogP contribution in [0.3, 0.4) is 0 Å². The number of nitrogens with two attached hydrogens (primary N) is 1. The van der Waals surface area contributed by atoms with E-state index in [0.29, 0.717) is 17.7 Å². The van der Waals surface area contributed by atoms with Gasteiger partial charge in [-0.25, -0.2) is 26.9 Å². The zero-order valence-corrected chi connectivity index (χ0v) is 22.3. The van der Waals surface area contributed by atoms with E-state index in [4.69, 9.17) is 33.5 Å². The van der Waals surface area contributed by atoms with Crippen molar-refractivity contribution in [1.29, 1.82) is 0 Å². The molecule has 0 unspecified atom stereocenters. The van der Waals surface area contributed by atoms with Crippen LogP contribution in [0.2, 0.25) is 0 Å². The molecule has 4 atom stereocenters. The van der Waals surface area contributed by atoms with E-state index in [2.05, 4.69) is 4.98 Å². The van der Waals surface area contributed by atoms with Crippen LogP contribution in [-0.4, -0.2) is 59.8 Å². The number of alkyl halides is 3. The van der Waals surface area contributed by atoms with Gasteiger partial charge in [0.2, 0.25) is 0 Å². The Bertz CT molecular complexity index is 1410. The van der Waals surface area contributed by atoms with Gasteiger partial charge in [-0.1, -0.05) is 0 Å². The Hall–Kier alpha value is -3.85. The van der Waals surface area contributed by atoms with Gasteiger partial charge in [-0.05, 0) is 48.5 Å². The maximum absolute atomic E-state index is 15.3. The highest BCUT2D eigenvalue weighted by Crippen LogP contribution is 2.53. The normalized spacial score (nSPS) is 22.5. The molecule has 1 aliphatic heterocycles. The average molecular weight is 605 g/mol. The first-order chi connectivity index (χ1) is 19.4. The molecule has 12 nitrogen and oxygen atoms in total. The van der Waals surface area contributed by atoms with Crippen molar-refractivity contribution in [2.45, 2.75) is 30.5 Å². The Labute approximate surface area is 229 Å². The van der Waals surface area contributed by atoms with Gasteiger partial charge in [0, 0.05) is 0 Å². The topological polar surface area (TPSA) is 154 Å². The molecule has 3 aromatic rings. The molecule has 2 aromatic carbocycles. The maximum atomic E-state index is 15.3. The molecule has 0 saturated carbocycles. The summed E-state index contributed by atoms with van der Waals surface area (Å²) in [5.41, 5.74) is 0.584. The number of phosphoric ester groups is 1. The second kappa shape index (κ2) is 11.9. The first kappa shape index (κ1) is 30.1. The highest BCUT2D eigenvalue weighted by Gasteiger charge is 2.63. The molecule has 0 bridgehead atoms. The predicted octanol–water partition coefficient (Wildman–Crippen LogP) is 3.50. The number of hydrogen-bond acceptors (Lipinski definition) is 11. The van der Waals surface area contributed by atoms with Crippen molar-refractivity contribution < 1.29 is 55.0 Å². The lowest BCUT2D eigenvalue weighted by Crippen LogP contribution is -2.50. The quantitative estimate of drug-likeness (QED) is 0.244. The van der Waals surface area contributed by atoms with Crippen molar-refractivity contribution in [3.63, 3.8) is 0 Å². The minimum atomic E-state index is -4.91. The summed E-state index contributed by atoms with van der Waals surface area (Å²) in [5.74, 6) is -1.47. The number of rotatable bonds is 11. The number of anilines is 1. The molecule has 0 aliphatic carbocycles. The molecule has 17 heteroatoms. The summed E-state index contributed by atoms with van der Waals surface area (Å²) in [7, 11) is -2.10. The molecule has 1 fully saturated rings. The third-order valence-electron chi connectivity index (χ3n) is 5.98. The van der Waals surface area contributed by atoms with Gasteiger partial charge in [-0.3, -0.25) is 9.09 Å². The van der Waals surface area contributed by atoms with Gasteiger partial charge in [0.05, 0.1) is 27.0 Å². The van der Waals surface area contributed by atoms with Crippen molar-refractivity contribution in [3.05, 3.63) is 71.0 Å². The molecule has 1 aromatic heterocycles. The summed E-state index contributed by atoms with van der Waals surface area (Å²) in [6, 6.07) is 11.0. The van der Waals surface area contributed by atoms with Crippen LogP contribution in [0.15, 0.2) is 59.5 Å². The van der Waals surface area contributed by atoms with Crippen LogP contribution >= 0.6 is 7.82 Å². The van der Waals surface area contributed by atoms with Crippen LogP contribution in [0.5, 0.6) is 23.0 Å². The van der Waals surface area contributed by atoms with E-state index in [-0.39, 0.29) is 16.1 Å². The molecular formula is C24H24F4N3O9P. The van der Waals surface area contributed by atoms with E-state index in [9.17, 15) is 27.6 Å². The van der Waals surface area contributed by atoms with Gasteiger partial charge in [0.1, 0.15) is 29.1 Å². The predicted molar refractivity (Wildman–Crippen MR) is 133 cm³/mol. The van der Waals surface area contributed by atoms with Crippen molar-refractivity contribution >= 4 is 13.6 Å². The van der Waals surface area contributed by atoms with E-state index in [0.717, 1.165) is 0 Å². The van der Waals surface area contributed by atoms with Gasteiger partial charge in [0.15, 0.2) is 29.6 Å². The number of phosphoric acid groups is 1. The minimum Gasteiger partial charge on any atom is -0.497 e. The number of nitrogen functional groups attached to an aromatic ring is 1. The molecule has 1 aliphatic rings. The molecule has 4 rings (SSSR count). The summed E-state index contributed by atoms with van der Waals surface area (Å²) >= 11 is 0. The van der Waals surface area contributed by atoms with Gasteiger partial charge in [-0.15, -0.1) is 0 Å². The number of aliphatic hydroxyl groups excluding tert-OH is 1. The van der Waals surface area contributed by atoms with Crippen molar-refractivity contribution in [1.82, 2.24) is 9.55 Å². The largest absolute Gasteiger partial charge is 0.587 e. The Kier molecular flexibility index (Phi) is 8.77. The average Bonchev–Trinajstić information content (AvgIpc) is 3.21. The van der Waals surface area contributed by atoms with E-state index in [1.54, 1.807) is 0 Å². The van der Waals surface area contributed by atoms with E-state index < -0.39 is 62.3 Å². The Morgan fingerprint density at radius 1 is 1.05 bits per heavy atom. The second-order valence-corrected chi connectivity index (χ2v) is 10.1. The number of halogens is 4. The van der Waals surface area contributed by atoms with Crippen molar-refractivity contribution in [2.75, 3.05) is 26.6 Å². The van der Waals surface area contributed by atoms with Crippen LogP contribution in [0.25, 0.3) is 0 Å². The smallest absolute Gasteiger partial charge is 0.497 e. The van der Waals surface area contributed by atoms with Crippen LogP contribution < -0.4 is 29.9 Å². The van der Waals surface area contributed by atoms with E-state index in [1.807, 2.05) is 0 Å². The summed E-state index contributed by atoms with van der Waals surface area (Å²) in [4.78, 5) is 15.3. The van der Waals surface area contributed by atoms with Crippen molar-refractivity contribution in [2.24, 2.45) is 0 Å². The van der Waals surface area contributed by atoms with Crippen LogP contribution in [-0.2, 0) is 13.8 Å². The van der Waals surface area contributed by atoms with Crippen LogP contribution in [0.4, 0.5) is 23.4 Å². The fourth-order valence-corrected chi connectivity index (χ4v) is 5.05. The lowest BCUT2D eigenvalue weighted by molar-refractivity contribution is -0.184. The van der Waals surface area contributed by atoms with Gasteiger partial charge in [0.25, 0.3) is 6.43 Å². The summed E-state index contributed by atoms with van der Waals surface area (Å²) in [5, 5.41) is 10.4. The third kappa shape index (κ3) is 6.25.